The number of oxazole rings is 1. The van der Waals surface area contributed by atoms with Crippen molar-refractivity contribution in [2.45, 2.75) is 26.7 Å². The van der Waals surface area contributed by atoms with Crippen LogP contribution in [-0.2, 0) is 17.6 Å². The molecule has 2 heterocycles. The van der Waals surface area contributed by atoms with Gasteiger partial charge in [-0.25, -0.2) is 9.78 Å². The van der Waals surface area contributed by atoms with Crippen LogP contribution in [0.1, 0.15) is 39.9 Å². The van der Waals surface area contributed by atoms with E-state index < -0.39 is 0 Å². The van der Waals surface area contributed by atoms with Gasteiger partial charge in [0.1, 0.15) is 11.5 Å². The molecule has 0 bridgehead atoms. The summed E-state index contributed by atoms with van der Waals surface area (Å²) < 4.78 is 16.8. The summed E-state index contributed by atoms with van der Waals surface area (Å²) in [5.41, 5.74) is 4.44. The predicted octanol–water partition coefficient (Wildman–Crippen LogP) is 5.37. The monoisotopic (exact) mass is 430 g/mol. The van der Waals surface area contributed by atoms with Gasteiger partial charge in [-0.1, -0.05) is 30.3 Å². The topological polar surface area (TPSA) is 77.4 Å². The van der Waals surface area contributed by atoms with Gasteiger partial charge in [-0.15, -0.1) is 0 Å². The SMILES string of the molecule is CCOC(=O)c1c[nH]cc1Cc1ccc(OCCc2nc(-c3ccccc3)oc2C)cc1. The normalized spacial score (nSPS) is 10.8. The summed E-state index contributed by atoms with van der Waals surface area (Å²) in [6, 6.07) is 17.8. The molecule has 1 N–H and O–H groups in total. The molecule has 6 heteroatoms. The van der Waals surface area contributed by atoms with Crippen LogP contribution in [0, 0.1) is 6.92 Å². The molecule has 0 spiro atoms. The first-order chi connectivity index (χ1) is 15.6. The van der Waals surface area contributed by atoms with E-state index in [9.17, 15) is 4.79 Å². The molecule has 0 aliphatic rings. The minimum absolute atomic E-state index is 0.303. The van der Waals surface area contributed by atoms with E-state index >= 15 is 0 Å². The fraction of sp³-hybridized carbons (Fsp3) is 0.231. The zero-order chi connectivity index (χ0) is 22.3. The van der Waals surface area contributed by atoms with Crippen molar-refractivity contribution in [3.05, 3.63) is 95.1 Å². The van der Waals surface area contributed by atoms with Crippen LogP contribution in [0.3, 0.4) is 0 Å². The number of rotatable bonds is 9. The number of nitrogens with one attached hydrogen (secondary N) is 1. The summed E-state index contributed by atoms with van der Waals surface area (Å²) in [6.07, 6.45) is 4.81. The lowest BCUT2D eigenvalue weighted by Gasteiger charge is -2.07. The van der Waals surface area contributed by atoms with Crippen LogP contribution in [0.15, 0.2) is 71.4 Å². The van der Waals surface area contributed by atoms with E-state index in [-0.39, 0.29) is 5.97 Å². The molecule has 0 radical (unpaired) electrons. The lowest BCUT2D eigenvalue weighted by atomic mass is 10.0. The Hall–Kier alpha value is -3.80. The maximum atomic E-state index is 12.0. The molecular weight excluding hydrogens is 404 g/mol. The number of carbonyl (C=O) groups is 1. The Morgan fingerprint density at radius 2 is 1.84 bits per heavy atom. The summed E-state index contributed by atoms with van der Waals surface area (Å²) in [7, 11) is 0. The van der Waals surface area contributed by atoms with Crippen molar-refractivity contribution in [2.24, 2.45) is 0 Å². The van der Waals surface area contributed by atoms with Crippen molar-refractivity contribution in [3.8, 4) is 17.2 Å². The molecule has 6 nitrogen and oxygen atoms in total. The summed E-state index contributed by atoms with van der Waals surface area (Å²) in [6.45, 7) is 4.59. The number of aromatic amines is 1. The highest BCUT2D eigenvalue weighted by molar-refractivity contribution is 5.91. The van der Waals surface area contributed by atoms with Gasteiger partial charge in [-0.3, -0.25) is 0 Å². The van der Waals surface area contributed by atoms with Gasteiger partial charge >= 0.3 is 5.97 Å². The fourth-order valence-corrected chi connectivity index (χ4v) is 3.49. The molecule has 0 amide bonds. The first-order valence-corrected chi connectivity index (χ1v) is 10.7. The number of aromatic nitrogens is 2. The molecule has 0 unspecified atom stereocenters. The lowest BCUT2D eigenvalue weighted by Crippen LogP contribution is -2.06. The van der Waals surface area contributed by atoms with Crippen LogP contribution in [0.2, 0.25) is 0 Å². The molecule has 0 saturated carbocycles. The number of nitrogens with zero attached hydrogens (tertiary/aromatic N) is 1. The first-order valence-electron chi connectivity index (χ1n) is 10.7. The van der Waals surface area contributed by atoms with Gasteiger partial charge in [0.15, 0.2) is 0 Å². The third-order valence-electron chi connectivity index (χ3n) is 5.17. The summed E-state index contributed by atoms with van der Waals surface area (Å²) in [5, 5.41) is 0. The van der Waals surface area contributed by atoms with E-state index in [0.29, 0.717) is 37.5 Å². The van der Waals surface area contributed by atoms with E-state index in [0.717, 1.165) is 33.9 Å². The number of hydrogen-bond donors (Lipinski definition) is 1. The van der Waals surface area contributed by atoms with Crippen molar-refractivity contribution >= 4 is 5.97 Å². The quantitative estimate of drug-likeness (QED) is 0.361. The van der Waals surface area contributed by atoms with Gasteiger partial charge in [0.05, 0.1) is 24.5 Å². The zero-order valence-electron chi connectivity index (χ0n) is 18.3. The number of aryl methyl sites for hydroxylation is 1. The first kappa shape index (κ1) is 21.4. The number of ether oxygens (including phenoxy) is 2. The molecule has 4 aromatic rings. The second-order valence-electron chi connectivity index (χ2n) is 7.42. The average molecular weight is 431 g/mol. The van der Waals surface area contributed by atoms with E-state index in [1.807, 2.05) is 67.7 Å². The standard InChI is InChI=1S/C26H26N2O4/c1-3-30-26(29)23-17-27-16-21(23)15-19-9-11-22(12-10-19)31-14-13-24-18(2)32-25(28-24)20-7-5-4-6-8-20/h4-12,16-17,27H,3,13-15H2,1-2H3. The highest BCUT2D eigenvalue weighted by Crippen LogP contribution is 2.22. The van der Waals surface area contributed by atoms with Crippen molar-refractivity contribution in [1.82, 2.24) is 9.97 Å². The maximum absolute atomic E-state index is 12.0. The molecule has 0 aliphatic carbocycles. The van der Waals surface area contributed by atoms with Gasteiger partial charge in [0, 0.05) is 24.4 Å². The second-order valence-corrected chi connectivity index (χ2v) is 7.42. The Kier molecular flexibility index (Phi) is 6.70. The van der Waals surface area contributed by atoms with E-state index in [1.165, 1.54) is 0 Å². The molecule has 0 saturated heterocycles. The predicted molar refractivity (Wildman–Crippen MR) is 122 cm³/mol. The highest BCUT2D eigenvalue weighted by atomic mass is 16.5. The van der Waals surface area contributed by atoms with Gasteiger partial charge in [0.25, 0.3) is 0 Å². The van der Waals surface area contributed by atoms with Crippen LogP contribution < -0.4 is 4.74 Å². The number of benzene rings is 2. The van der Waals surface area contributed by atoms with Gasteiger partial charge in [-0.2, -0.15) is 0 Å². The Labute approximate surface area is 187 Å². The average Bonchev–Trinajstić information content (AvgIpc) is 3.42. The van der Waals surface area contributed by atoms with E-state index in [1.54, 1.807) is 13.1 Å². The van der Waals surface area contributed by atoms with Gasteiger partial charge in [-0.05, 0) is 55.7 Å². The smallest absolute Gasteiger partial charge is 0.339 e. The van der Waals surface area contributed by atoms with Crippen LogP contribution in [0.4, 0.5) is 0 Å². The molecule has 4 rings (SSSR count). The van der Waals surface area contributed by atoms with Crippen LogP contribution >= 0.6 is 0 Å². The number of hydrogen-bond acceptors (Lipinski definition) is 5. The van der Waals surface area contributed by atoms with E-state index in [2.05, 4.69) is 9.97 Å². The third kappa shape index (κ3) is 5.09. The molecule has 0 atom stereocenters. The second kappa shape index (κ2) is 10.0. The Balaban J connectivity index is 1.32. The number of H-pyrrole nitrogens is 1. The minimum Gasteiger partial charge on any atom is -0.493 e. The largest absolute Gasteiger partial charge is 0.493 e. The van der Waals surface area contributed by atoms with Gasteiger partial charge in [0.2, 0.25) is 5.89 Å². The molecule has 0 fully saturated rings. The van der Waals surface area contributed by atoms with Crippen LogP contribution in [0.5, 0.6) is 5.75 Å². The lowest BCUT2D eigenvalue weighted by molar-refractivity contribution is 0.0525. The number of carbonyl (C=O) groups excluding carboxylic acids is 1. The minimum atomic E-state index is -0.303. The maximum Gasteiger partial charge on any atom is 0.339 e. The van der Waals surface area contributed by atoms with Crippen molar-refractivity contribution in [2.75, 3.05) is 13.2 Å². The molecule has 2 aromatic carbocycles. The molecule has 164 valence electrons. The summed E-state index contributed by atoms with van der Waals surface area (Å²) in [4.78, 5) is 19.6. The van der Waals surface area contributed by atoms with Crippen molar-refractivity contribution in [1.29, 1.82) is 0 Å². The van der Waals surface area contributed by atoms with Crippen molar-refractivity contribution in [3.63, 3.8) is 0 Å². The van der Waals surface area contributed by atoms with Crippen LogP contribution in [0.25, 0.3) is 11.5 Å². The summed E-state index contributed by atoms with van der Waals surface area (Å²) in [5.74, 6) is 1.93. The highest BCUT2D eigenvalue weighted by Gasteiger charge is 2.14. The third-order valence-corrected chi connectivity index (χ3v) is 5.17. The summed E-state index contributed by atoms with van der Waals surface area (Å²) >= 11 is 0. The molecule has 32 heavy (non-hydrogen) atoms. The molecule has 0 aliphatic heterocycles. The number of esters is 1. The Morgan fingerprint density at radius 3 is 2.59 bits per heavy atom. The van der Waals surface area contributed by atoms with E-state index in [4.69, 9.17) is 13.9 Å². The molecular formula is C26H26N2O4. The zero-order valence-corrected chi connectivity index (χ0v) is 18.3. The van der Waals surface area contributed by atoms with Crippen LogP contribution in [-0.4, -0.2) is 29.2 Å². The van der Waals surface area contributed by atoms with Crippen molar-refractivity contribution < 1.29 is 18.7 Å². The van der Waals surface area contributed by atoms with Gasteiger partial charge < -0.3 is 18.9 Å². The Bertz CT molecular complexity index is 1160. The fourth-order valence-electron chi connectivity index (χ4n) is 3.49. The molecule has 2 aromatic heterocycles. The Morgan fingerprint density at radius 1 is 1.06 bits per heavy atom.